The highest BCUT2D eigenvalue weighted by molar-refractivity contribution is 7.89. The Kier molecular flexibility index (Phi) is 7.50. The van der Waals surface area contributed by atoms with Crippen LogP contribution in [0, 0.1) is 0 Å². The largest absolute Gasteiger partial charge is 0.495 e. The van der Waals surface area contributed by atoms with Crippen molar-refractivity contribution in [3.05, 3.63) is 53.6 Å². The molecule has 0 unspecified atom stereocenters. The van der Waals surface area contributed by atoms with Gasteiger partial charge in [-0.15, -0.1) is 0 Å². The Labute approximate surface area is 173 Å². The highest BCUT2D eigenvalue weighted by Gasteiger charge is 2.20. The van der Waals surface area contributed by atoms with E-state index in [4.69, 9.17) is 4.74 Å². The minimum atomic E-state index is -3.85. The van der Waals surface area contributed by atoms with Crippen LogP contribution in [0.15, 0.2) is 47.4 Å². The van der Waals surface area contributed by atoms with Crippen LogP contribution < -0.4 is 20.1 Å². The summed E-state index contributed by atoms with van der Waals surface area (Å²) in [4.78, 5) is 35.6. The van der Waals surface area contributed by atoms with Gasteiger partial charge < -0.3 is 20.1 Å². The highest BCUT2D eigenvalue weighted by atomic mass is 32.2. The molecule has 0 atom stereocenters. The molecule has 11 heteroatoms. The predicted octanol–water partition coefficient (Wildman–Crippen LogP) is 0.758. The second kappa shape index (κ2) is 9.85. The van der Waals surface area contributed by atoms with E-state index >= 15 is 0 Å². The molecular weight excluding hydrogens is 414 g/mol. The Morgan fingerprint density at radius 2 is 1.67 bits per heavy atom. The summed E-state index contributed by atoms with van der Waals surface area (Å²) in [7, 11) is -0.0755. The first-order valence-corrected chi connectivity index (χ1v) is 10.1. The van der Waals surface area contributed by atoms with Gasteiger partial charge in [0, 0.05) is 16.8 Å². The van der Waals surface area contributed by atoms with Crippen LogP contribution in [0.5, 0.6) is 5.75 Å². The third-order valence-electron chi connectivity index (χ3n) is 3.99. The molecule has 2 rings (SSSR count). The summed E-state index contributed by atoms with van der Waals surface area (Å²) in [5, 5.41) is 4.99. The first-order valence-electron chi connectivity index (χ1n) is 8.60. The number of hydrogen-bond acceptors (Lipinski definition) is 7. The van der Waals surface area contributed by atoms with Crippen LogP contribution in [0.2, 0.25) is 0 Å². The second-order valence-electron chi connectivity index (χ2n) is 5.87. The SMILES string of the molecule is CNS(=O)(=O)c1cc(C(=O)Nc2cccc(C(=O)NCC(=O)OC)c2)ccc1OC. The lowest BCUT2D eigenvalue weighted by Crippen LogP contribution is -2.30. The number of amides is 2. The Morgan fingerprint density at radius 1 is 0.967 bits per heavy atom. The molecule has 0 saturated carbocycles. The summed E-state index contributed by atoms with van der Waals surface area (Å²) in [5.41, 5.74) is 0.592. The number of nitrogens with one attached hydrogen (secondary N) is 3. The van der Waals surface area contributed by atoms with Crippen molar-refractivity contribution >= 4 is 33.5 Å². The molecule has 0 aliphatic rings. The van der Waals surface area contributed by atoms with Gasteiger partial charge in [-0.3, -0.25) is 14.4 Å². The summed E-state index contributed by atoms with van der Waals surface area (Å²) in [6, 6.07) is 10.0. The zero-order chi connectivity index (χ0) is 22.3. The molecule has 0 aromatic heterocycles. The number of ether oxygens (including phenoxy) is 2. The van der Waals surface area contributed by atoms with Gasteiger partial charge in [0.1, 0.15) is 17.2 Å². The van der Waals surface area contributed by atoms with E-state index in [1.165, 1.54) is 51.6 Å². The van der Waals surface area contributed by atoms with Crippen molar-refractivity contribution in [1.29, 1.82) is 0 Å². The minimum Gasteiger partial charge on any atom is -0.495 e. The molecule has 10 nitrogen and oxygen atoms in total. The van der Waals surface area contributed by atoms with E-state index in [0.717, 1.165) is 0 Å². The van der Waals surface area contributed by atoms with E-state index < -0.39 is 27.8 Å². The molecule has 0 fully saturated rings. The fourth-order valence-corrected chi connectivity index (χ4v) is 3.32. The lowest BCUT2D eigenvalue weighted by molar-refractivity contribution is -0.139. The summed E-state index contributed by atoms with van der Waals surface area (Å²) in [6.07, 6.45) is 0. The van der Waals surface area contributed by atoms with Crippen LogP contribution in [-0.2, 0) is 19.6 Å². The van der Waals surface area contributed by atoms with Gasteiger partial charge in [-0.25, -0.2) is 13.1 Å². The highest BCUT2D eigenvalue weighted by Crippen LogP contribution is 2.25. The smallest absolute Gasteiger partial charge is 0.325 e. The minimum absolute atomic E-state index is 0.0742. The molecule has 0 aliphatic heterocycles. The number of anilines is 1. The van der Waals surface area contributed by atoms with Crippen molar-refractivity contribution in [3.8, 4) is 5.75 Å². The zero-order valence-electron chi connectivity index (χ0n) is 16.5. The number of carbonyl (C=O) groups excluding carboxylic acids is 3. The molecule has 30 heavy (non-hydrogen) atoms. The molecule has 2 aromatic carbocycles. The van der Waals surface area contributed by atoms with Crippen molar-refractivity contribution in [2.45, 2.75) is 4.90 Å². The van der Waals surface area contributed by atoms with Crippen molar-refractivity contribution in [2.75, 3.05) is 33.1 Å². The van der Waals surface area contributed by atoms with Gasteiger partial charge in [0.05, 0.1) is 14.2 Å². The summed E-state index contributed by atoms with van der Waals surface area (Å²) in [6.45, 7) is -0.291. The number of sulfonamides is 1. The molecule has 160 valence electrons. The van der Waals surface area contributed by atoms with Gasteiger partial charge >= 0.3 is 5.97 Å². The normalized spacial score (nSPS) is 10.8. The lowest BCUT2D eigenvalue weighted by atomic mass is 10.1. The second-order valence-corrected chi connectivity index (χ2v) is 7.72. The average molecular weight is 435 g/mol. The Hall–Kier alpha value is -3.44. The molecule has 0 bridgehead atoms. The first kappa shape index (κ1) is 22.8. The van der Waals surface area contributed by atoms with Crippen molar-refractivity contribution in [2.24, 2.45) is 0 Å². The molecule has 0 spiro atoms. The Bertz CT molecular complexity index is 1070. The number of hydrogen-bond donors (Lipinski definition) is 3. The van der Waals surface area contributed by atoms with Crippen molar-refractivity contribution in [3.63, 3.8) is 0 Å². The van der Waals surface area contributed by atoms with Gasteiger partial charge in [0.2, 0.25) is 10.0 Å². The predicted molar refractivity (Wildman–Crippen MR) is 108 cm³/mol. The number of esters is 1. The quantitative estimate of drug-likeness (QED) is 0.520. The van der Waals surface area contributed by atoms with E-state index in [1.54, 1.807) is 12.1 Å². The summed E-state index contributed by atoms with van der Waals surface area (Å²) >= 11 is 0. The molecule has 2 amide bonds. The van der Waals surface area contributed by atoms with E-state index in [9.17, 15) is 22.8 Å². The maximum atomic E-state index is 12.6. The maximum absolute atomic E-state index is 12.6. The molecule has 0 saturated heterocycles. The van der Waals surface area contributed by atoms with Gasteiger partial charge in [-0.2, -0.15) is 0 Å². The molecule has 0 aliphatic carbocycles. The molecule has 3 N–H and O–H groups in total. The van der Waals surface area contributed by atoms with Crippen LogP contribution in [0.3, 0.4) is 0 Å². The van der Waals surface area contributed by atoms with E-state index in [-0.39, 0.29) is 28.3 Å². The van der Waals surface area contributed by atoms with Crippen LogP contribution in [-0.4, -0.2) is 54.0 Å². The van der Waals surface area contributed by atoms with Crippen LogP contribution >= 0.6 is 0 Å². The molecule has 2 aromatic rings. The third kappa shape index (κ3) is 5.55. The Balaban J connectivity index is 2.21. The fourth-order valence-electron chi connectivity index (χ4n) is 2.41. The molecule has 0 radical (unpaired) electrons. The van der Waals surface area contributed by atoms with Gasteiger partial charge in [-0.05, 0) is 43.4 Å². The van der Waals surface area contributed by atoms with E-state index in [2.05, 4.69) is 20.1 Å². The van der Waals surface area contributed by atoms with Gasteiger partial charge in [-0.1, -0.05) is 6.07 Å². The topological polar surface area (TPSA) is 140 Å². The number of methoxy groups -OCH3 is 2. The molecular formula is C19H21N3O7S. The van der Waals surface area contributed by atoms with Crippen LogP contribution in [0.1, 0.15) is 20.7 Å². The lowest BCUT2D eigenvalue weighted by Gasteiger charge is -2.12. The van der Waals surface area contributed by atoms with Crippen molar-refractivity contribution in [1.82, 2.24) is 10.0 Å². The monoisotopic (exact) mass is 435 g/mol. The van der Waals surface area contributed by atoms with Crippen molar-refractivity contribution < 1.29 is 32.3 Å². The van der Waals surface area contributed by atoms with E-state index in [1.807, 2.05) is 0 Å². The summed E-state index contributed by atoms with van der Waals surface area (Å²) < 4.78 is 36.0. The zero-order valence-corrected chi connectivity index (χ0v) is 17.3. The number of rotatable bonds is 8. The standard InChI is InChI=1S/C19H21N3O7S/c1-20-30(26,27)16-10-13(7-8-15(16)28-2)19(25)22-14-6-4-5-12(9-14)18(24)21-11-17(23)29-3/h4-10,20H,11H2,1-3H3,(H,21,24)(H,22,25). The molecule has 0 heterocycles. The van der Waals surface area contributed by atoms with E-state index in [0.29, 0.717) is 5.69 Å². The number of benzene rings is 2. The first-order chi connectivity index (χ1) is 14.2. The van der Waals surface area contributed by atoms with Gasteiger partial charge in [0.15, 0.2) is 0 Å². The number of carbonyl (C=O) groups is 3. The summed E-state index contributed by atoms with van der Waals surface area (Å²) in [5.74, 6) is -1.62. The van der Waals surface area contributed by atoms with Crippen LogP contribution in [0.25, 0.3) is 0 Å². The Morgan fingerprint density at radius 3 is 2.30 bits per heavy atom. The average Bonchev–Trinajstić information content (AvgIpc) is 2.76. The van der Waals surface area contributed by atoms with Crippen LogP contribution in [0.4, 0.5) is 5.69 Å². The maximum Gasteiger partial charge on any atom is 0.325 e. The third-order valence-corrected chi connectivity index (χ3v) is 5.42. The fraction of sp³-hybridized carbons (Fsp3) is 0.211. The van der Waals surface area contributed by atoms with Gasteiger partial charge in [0.25, 0.3) is 11.8 Å².